The molecule has 5 nitrogen and oxygen atoms in total. The number of aromatic nitrogens is 1. The maximum absolute atomic E-state index is 13.4. The van der Waals surface area contributed by atoms with Crippen molar-refractivity contribution in [2.45, 2.75) is 51.5 Å². The third kappa shape index (κ3) is 3.54. The van der Waals surface area contributed by atoms with Crippen LogP contribution in [0.1, 0.15) is 55.1 Å². The highest BCUT2D eigenvalue weighted by molar-refractivity contribution is 6.02. The summed E-state index contributed by atoms with van der Waals surface area (Å²) in [6.07, 6.45) is 4.15. The fraction of sp³-hybridized carbons (Fsp3) is 0.450. The van der Waals surface area contributed by atoms with Crippen molar-refractivity contribution in [2.75, 3.05) is 6.54 Å². The molecule has 138 valence electrons. The van der Waals surface area contributed by atoms with Crippen LogP contribution in [0.2, 0.25) is 0 Å². The second kappa shape index (κ2) is 7.40. The van der Waals surface area contributed by atoms with Crippen molar-refractivity contribution in [1.29, 1.82) is 0 Å². The van der Waals surface area contributed by atoms with E-state index >= 15 is 0 Å². The summed E-state index contributed by atoms with van der Waals surface area (Å²) in [6.45, 7) is 4.12. The molecule has 1 aliphatic carbocycles. The second-order valence-corrected chi connectivity index (χ2v) is 6.91. The van der Waals surface area contributed by atoms with Crippen molar-refractivity contribution in [3.63, 3.8) is 0 Å². The van der Waals surface area contributed by atoms with E-state index in [9.17, 15) is 14.0 Å². The van der Waals surface area contributed by atoms with Gasteiger partial charge in [-0.15, -0.1) is 0 Å². The van der Waals surface area contributed by atoms with Gasteiger partial charge in [0.1, 0.15) is 11.4 Å². The minimum Gasteiger partial charge on any atom is -0.354 e. The number of likely N-dealkylation sites (N-methyl/N-ethyl adjacent to an activating group) is 1. The summed E-state index contributed by atoms with van der Waals surface area (Å²) in [5.74, 6) is -0.796. The minimum atomic E-state index is -0.866. The maximum atomic E-state index is 13.4. The fourth-order valence-electron chi connectivity index (χ4n) is 3.64. The lowest BCUT2D eigenvalue weighted by molar-refractivity contribution is -0.128. The molecule has 0 aliphatic heterocycles. The summed E-state index contributed by atoms with van der Waals surface area (Å²) >= 11 is 0. The summed E-state index contributed by atoms with van der Waals surface area (Å²) in [5.41, 5.74) is 0.575. The van der Waals surface area contributed by atoms with E-state index in [1.54, 1.807) is 19.1 Å². The summed E-state index contributed by atoms with van der Waals surface area (Å²) in [7, 11) is 0. The Hall–Kier alpha value is -2.50. The van der Waals surface area contributed by atoms with Gasteiger partial charge in [0.05, 0.1) is 16.8 Å². The summed E-state index contributed by atoms with van der Waals surface area (Å²) in [5, 5.41) is 6.53. The molecule has 0 atom stereocenters. The lowest BCUT2D eigenvalue weighted by atomic mass is 9.80. The molecule has 0 spiro atoms. The average Bonchev–Trinajstić information content (AvgIpc) is 2.62. The Balaban J connectivity index is 1.92. The molecule has 2 aromatic rings. The topological polar surface area (TPSA) is 71.1 Å². The zero-order chi connectivity index (χ0) is 18.7. The van der Waals surface area contributed by atoms with Crippen LogP contribution in [-0.2, 0) is 4.79 Å². The van der Waals surface area contributed by atoms with Crippen molar-refractivity contribution in [2.24, 2.45) is 0 Å². The number of carbonyl (C=O) groups is 2. The number of hydrogen-bond acceptors (Lipinski definition) is 3. The zero-order valence-electron chi connectivity index (χ0n) is 15.2. The van der Waals surface area contributed by atoms with Crippen molar-refractivity contribution in [3.8, 4) is 0 Å². The van der Waals surface area contributed by atoms with E-state index in [1.807, 2.05) is 6.92 Å². The first kappa shape index (κ1) is 18.3. The number of halogens is 1. The van der Waals surface area contributed by atoms with Gasteiger partial charge in [-0.2, -0.15) is 0 Å². The number of fused-ring (bicyclic) bond motifs is 1. The van der Waals surface area contributed by atoms with Gasteiger partial charge in [-0.3, -0.25) is 14.6 Å². The number of hydrogen-bond donors (Lipinski definition) is 2. The Morgan fingerprint density at radius 2 is 1.92 bits per heavy atom. The fourth-order valence-corrected chi connectivity index (χ4v) is 3.64. The number of nitrogens with zero attached hydrogens (tertiary/aromatic N) is 1. The second-order valence-electron chi connectivity index (χ2n) is 6.91. The van der Waals surface area contributed by atoms with Gasteiger partial charge in [0.25, 0.3) is 5.91 Å². The number of benzene rings is 1. The molecule has 1 aromatic heterocycles. The molecule has 1 fully saturated rings. The first-order chi connectivity index (χ1) is 12.4. The van der Waals surface area contributed by atoms with Crippen molar-refractivity contribution in [1.82, 2.24) is 15.6 Å². The molecule has 0 saturated heterocycles. The van der Waals surface area contributed by atoms with Gasteiger partial charge in [-0.05, 0) is 44.9 Å². The first-order valence-corrected chi connectivity index (χ1v) is 9.13. The van der Waals surface area contributed by atoms with Crippen LogP contribution in [0.5, 0.6) is 0 Å². The number of carbonyl (C=O) groups excluding carboxylic acids is 2. The molecule has 2 amide bonds. The Morgan fingerprint density at radius 3 is 2.62 bits per heavy atom. The van der Waals surface area contributed by atoms with Crippen LogP contribution in [-0.4, -0.2) is 28.9 Å². The van der Waals surface area contributed by atoms with Crippen LogP contribution in [0.25, 0.3) is 10.9 Å². The number of aryl methyl sites for hydroxylation is 1. The monoisotopic (exact) mass is 357 g/mol. The quantitative estimate of drug-likeness (QED) is 0.882. The van der Waals surface area contributed by atoms with E-state index in [4.69, 9.17) is 0 Å². The summed E-state index contributed by atoms with van der Waals surface area (Å²) in [4.78, 5) is 29.9. The first-order valence-electron chi connectivity index (χ1n) is 9.13. The molecule has 1 aromatic carbocycles. The average molecular weight is 357 g/mol. The molecule has 0 unspecified atom stereocenters. The molecule has 1 heterocycles. The van der Waals surface area contributed by atoms with Gasteiger partial charge < -0.3 is 10.6 Å². The number of nitrogens with one attached hydrogen (secondary N) is 2. The zero-order valence-corrected chi connectivity index (χ0v) is 15.2. The number of pyridine rings is 1. The van der Waals surface area contributed by atoms with E-state index < -0.39 is 5.54 Å². The van der Waals surface area contributed by atoms with Gasteiger partial charge >= 0.3 is 0 Å². The van der Waals surface area contributed by atoms with Crippen LogP contribution in [0.15, 0.2) is 24.3 Å². The van der Waals surface area contributed by atoms with Gasteiger partial charge in [-0.1, -0.05) is 19.3 Å². The van der Waals surface area contributed by atoms with Crippen LogP contribution >= 0.6 is 0 Å². The van der Waals surface area contributed by atoms with Crippen LogP contribution in [0, 0.1) is 12.7 Å². The van der Waals surface area contributed by atoms with Crippen LogP contribution < -0.4 is 10.6 Å². The van der Waals surface area contributed by atoms with E-state index in [2.05, 4.69) is 15.6 Å². The predicted molar refractivity (Wildman–Crippen MR) is 98.4 cm³/mol. The molecule has 3 rings (SSSR count). The molecule has 1 aliphatic rings. The van der Waals surface area contributed by atoms with Crippen molar-refractivity contribution in [3.05, 3.63) is 41.3 Å². The molecule has 1 saturated carbocycles. The minimum absolute atomic E-state index is 0.124. The molecule has 26 heavy (non-hydrogen) atoms. The van der Waals surface area contributed by atoms with Crippen LogP contribution in [0.4, 0.5) is 4.39 Å². The van der Waals surface area contributed by atoms with Crippen LogP contribution in [0.3, 0.4) is 0 Å². The number of amides is 2. The molecule has 0 radical (unpaired) electrons. The number of rotatable bonds is 4. The van der Waals surface area contributed by atoms with E-state index in [0.29, 0.717) is 41.5 Å². The predicted octanol–water partition coefficient (Wildman–Crippen LogP) is 3.25. The molecule has 0 bridgehead atoms. The Kier molecular flexibility index (Phi) is 5.20. The van der Waals surface area contributed by atoms with Gasteiger partial charge in [0, 0.05) is 18.0 Å². The largest absolute Gasteiger partial charge is 0.354 e. The normalized spacial score (nSPS) is 16.3. The third-order valence-electron chi connectivity index (χ3n) is 5.05. The summed E-state index contributed by atoms with van der Waals surface area (Å²) in [6, 6.07) is 6.01. The summed E-state index contributed by atoms with van der Waals surface area (Å²) < 4.78 is 13.4. The molecular weight excluding hydrogens is 333 g/mol. The third-order valence-corrected chi connectivity index (χ3v) is 5.05. The highest BCUT2D eigenvalue weighted by Gasteiger charge is 2.40. The van der Waals surface area contributed by atoms with Gasteiger partial charge in [0.15, 0.2) is 0 Å². The maximum Gasteiger partial charge on any atom is 0.254 e. The molecule has 2 N–H and O–H groups in total. The van der Waals surface area contributed by atoms with Crippen molar-refractivity contribution >= 4 is 22.7 Å². The lowest BCUT2D eigenvalue weighted by Crippen LogP contribution is -2.59. The standard InChI is InChI=1S/C20H24FN3O2/c1-3-22-19(26)20(9-5-4-6-10-20)24-18(25)16-11-14-7-8-15(21)12-17(14)23-13(16)2/h7-8,11-12H,3-6,9-10H2,1-2H3,(H,22,26)(H,24,25). The van der Waals surface area contributed by atoms with Gasteiger partial charge in [-0.25, -0.2) is 4.39 Å². The van der Waals surface area contributed by atoms with Crippen molar-refractivity contribution < 1.29 is 14.0 Å². The molecular formula is C20H24FN3O2. The smallest absolute Gasteiger partial charge is 0.254 e. The highest BCUT2D eigenvalue weighted by Crippen LogP contribution is 2.29. The lowest BCUT2D eigenvalue weighted by Gasteiger charge is -2.36. The van der Waals surface area contributed by atoms with E-state index in [1.165, 1.54) is 12.1 Å². The van der Waals surface area contributed by atoms with Gasteiger partial charge in [0.2, 0.25) is 5.91 Å². The Labute approximate surface area is 152 Å². The highest BCUT2D eigenvalue weighted by atomic mass is 19.1. The SMILES string of the molecule is CCNC(=O)C1(NC(=O)c2cc3ccc(F)cc3nc2C)CCCCC1. The van der Waals surface area contributed by atoms with E-state index in [0.717, 1.165) is 19.3 Å². The Morgan fingerprint density at radius 1 is 1.19 bits per heavy atom. The Bertz CT molecular complexity index is 844. The molecule has 6 heteroatoms. The van der Waals surface area contributed by atoms with E-state index in [-0.39, 0.29) is 17.6 Å².